The Morgan fingerprint density at radius 1 is 1.36 bits per heavy atom. The zero-order valence-corrected chi connectivity index (χ0v) is 16.6. The molecule has 3 aromatic rings. The van der Waals surface area contributed by atoms with Crippen molar-refractivity contribution < 1.29 is 9.50 Å². The Hall–Kier alpha value is -1.95. The average molecular weight is 400 g/mol. The van der Waals surface area contributed by atoms with Crippen LogP contribution in [0.15, 0.2) is 36.7 Å². The molecule has 2 aliphatic heterocycles. The third-order valence-corrected chi connectivity index (χ3v) is 6.53. The Kier molecular flexibility index (Phi) is 4.23. The lowest BCUT2D eigenvalue weighted by Crippen LogP contribution is -2.33. The molecule has 0 aliphatic carbocycles. The van der Waals surface area contributed by atoms with E-state index in [9.17, 15) is 5.11 Å². The molecule has 1 fully saturated rings. The first-order valence-corrected chi connectivity index (χ1v) is 10.2. The number of benzene rings is 1. The SMILES string of the molecule is CC(O)(Cn1c2c(c3cc(Cl)cc(F)c31)C1CCCN1CC2)c1cccnc1. The van der Waals surface area contributed by atoms with E-state index in [4.69, 9.17) is 11.6 Å². The van der Waals surface area contributed by atoms with Crippen molar-refractivity contribution >= 4 is 22.5 Å². The van der Waals surface area contributed by atoms with E-state index >= 15 is 4.39 Å². The molecule has 0 bridgehead atoms. The predicted molar refractivity (Wildman–Crippen MR) is 108 cm³/mol. The number of fused-ring (bicyclic) bond motifs is 5. The maximum Gasteiger partial charge on any atom is 0.148 e. The number of rotatable bonds is 3. The average Bonchev–Trinajstić information content (AvgIpc) is 3.25. The fourth-order valence-electron chi connectivity index (χ4n) is 5.05. The topological polar surface area (TPSA) is 41.3 Å². The first-order chi connectivity index (χ1) is 13.5. The summed E-state index contributed by atoms with van der Waals surface area (Å²) < 4.78 is 17.1. The Bertz CT molecular complexity index is 1050. The van der Waals surface area contributed by atoms with E-state index in [1.165, 1.54) is 11.6 Å². The molecule has 0 spiro atoms. The van der Waals surface area contributed by atoms with Gasteiger partial charge in [-0.25, -0.2) is 4.39 Å². The highest BCUT2D eigenvalue weighted by Crippen LogP contribution is 2.45. The number of pyridine rings is 1. The normalized spacial score (nSPS) is 21.5. The second-order valence-corrected chi connectivity index (χ2v) is 8.63. The van der Waals surface area contributed by atoms with Gasteiger partial charge < -0.3 is 9.67 Å². The van der Waals surface area contributed by atoms with Crippen molar-refractivity contribution in [2.75, 3.05) is 13.1 Å². The van der Waals surface area contributed by atoms with Gasteiger partial charge in [0.25, 0.3) is 0 Å². The molecule has 1 N–H and O–H groups in total. The van der Waals surface area contributed by atoms with E-state index in [-0.39, 0.29) is 12.4 Å². The van der Waals surface area contributed by atoms with E-state index in [0.29, 0.717) is 16.6 Å². The van der Waals surface area contributed by atoms with Gasteiger partial charge in [-0.15, -0.1) is 0 Å². The van der Waals surface area contributed by atoms with Crippen LogP contribution in [-0.4, -0.2) is 32.6 Å². The minimum Gasteiger partial charge on any atom is -0.384 e. The summed E-state index contributed by atoms with van der Waals surface area (Å²) in [7, 11) is 0. The summed E-state index contributed by atoms with van der Waals surface area (Å²) in [6.07, 6.45) is 6.44. The van der Waals surface area contributed by atoms with E-state index in [1.807, 2.05) is 22.8 Å². The Morgan fingerprint density at radius 3 is 3.00 bits per heavy atom. The van der Waals surface area contributed by atoms with Gasteiger partial charge in [0, 0.05) is 53.1 Å². The molecule has 0 radical (unpaired) electrons. The van der Waals surface area contributed by atoms with Crippen LogP contribution in [0.4, 0.5) is 4.39 Å². The smallest absolute Gasteiger partial charge is 0.148 e. The number of aliphatic hydroxyl groups is 1. The summed E-state index contributed by atoms with van der Waals surface area (Å²) in [5.41, 5.74) is 2.43. The van der Waals surface area contributed by atoms with Gasteiger partial charge >= 0.3 is 0 Å². The van der Waals surface area contributed by atoms with Gasteiger partial charge in [-0.05, 0) is 50.1 Å². The van der Waals surface area contributed by atoms with Crippen LogP contribution in [0, 0.1) is 5.82 Å². The first-order valence-electron chi connectivity index (χ1n) is 9.82. The molecular formula is C22H23ClFN3O. The second-order valence-electron chi connectivity index (χ2n) is 8.19. The molecule has 2 aromatic heterocycles. The Balaban J connectivity index is 1.71. The maximum absolute atomic E-state index is 15.1. The van der Waals surface area contributed by atoms with Crippen LogP contribution in [0.2, 0.25) is 5.02 Å². The van der Waals surface area contributed by atoms with Crippen molar-refractivity contribution in [2.45, 2.75) is 44.4 Å². The molecule has 5 rings (SSSR count). The molecule has 2 unspecified atom stereocenters. The molecule has 0 saturated carbocycles. The van der Waals surface area contributed by atoms with E-state index < -0.39 is 5.60 Å². The zero-order valence-electron chi connectivity index (χ0n) is 15.8. The van der Waals surface area contributed by atoms with E-state index in [0.717, 1.165) is 49.0 Å². The highest BCUT2D eigenvalue weighted by atomic mass is 35.5. The van der Waals surface area contributed by atoms with Crippen LogP contribution in [0.1, 0.15) is 42.6 Å². The van der Waals surface area contributed by atoms with Crippen molar-refractivity contribution in [2.24, 2.45) is 0 Å². The molecule has 4 nitrogen and oxygen atoms in total. The standard InChI is InChI=1S/C22H23ClFN3O/c1-22(28,14-4-2-7-25-12-14)13-27-19-6-9-26-8-3-5-18(26)20(19)16-10-15(23)11-17(24)21(16)27/h2,4,7,10-12,18,28H,3,5-6,8-9,13H2,1H3. The lowest BCUT2D eigenvalue weighted by atomic mass is 9.95. The van der Waals surface area contributed by atoms with Gasteiger partial charge in [-0.3, -0.25) is 9.88 Å². The lowest BCUT2D eigenvalue weighted by molar-refractivity contribution is 0.0379. The molecular weight excluding hydrogens is 377 g/mol. The van der Waals surface area contributed by atoms with Gasteiger partial charge in [0.05, 0.1) is 12.1 Å². The van der Waals surface area contributed by atoms with Crippen molar-refractivity contribution in [1.82, 2.24) is 14.5 Å². The highest BCUT2D eigenvalue weighted by Gasteiger charge is 2.37. The van der Waals surface area contributed by atoms with Crippen LogP contribution < -0.4 is 0 Å². The van der Waals surface area contributed by atoms with Crippen LogP contribution in [-0.2, 0) is 18.6 Å². The van der Waals surface area contributed by atoms with Crippen LogP contribution in [0.3, 0.4) is 0 Å². The molecule has 2 aliphatic rings. The fraction of sp³-hybridized carbons (Fsp3) is 0.409. The van der Waals surface area contributed by atoms with Gasteiger partial charge in [-0.1, -0.05) is 17.7 Å². The fourth-order valence-corrected chi connectivity index (χ4v) is 5.25. The summed E-state index contributed by atoms with van der Waals surface area (Å²) in [6.45, 7) is 4.10. The number of aromatic nitrogens is 2. The van der Waals surface area contributed by atoms with Crippen LogP contribution in [0.25, 0.3) is 10.9 Å². The van der Waals surface area contributed by atoms with Crippen molar-refractivity contribution in [3.05, 3.63) is 64.3 Å². The summed E-state index contributed by atoms with van der Waals surface area (Å²) >= 11 is 6.23. The molecule has 6 heteroatoms. The maximum atomic E-state index is 15.1. The molecule has 2 atom stereocenters. The minimum absolute atomic E-state index is 0.274. The lowest BCUT2D eigenvalue weighted by Gasteiger charge is -2.32. The van der Waals surface area contributed by atoms with Gasteiger partial charge in [0.15, 0.2) is 0 Å². The molecule has 1 saturated heterocycles. The van der Waals surface area contributed by atoms with Gasteiger partial charge in [0.1, 0.15) is 11.4 Å². The Labute approximate surface area is 168 Å². The summed E-state index contributed by atoms with van der Waals surface area (Å²) in [6, 6.07) is 7.24. The Morgan fingerprint density at radius 2 is 2.21 bits per heavy atom. The number of hydrogen-bond acceptors (Lipinski definition) is 3. The second kappa shape index (κ2) is 6.55. The van der Waals surface area contributed by atoms with Crippen molar-refractivity contribution in [3.63, 3.8) is 0 Å². The van der Waals surface area contributed by atoms with Crippen molar-refractivity contribution in [3.8, 4) is 0 Å². The van der Waals surface area contributed by atoms with Crippen molar-refractivity contribution in [1.29, 1.82) is 0 Å². The largest absolute Gasteiger partial charge is 0.384 e. The van der Waals surface area contributed by atoms with E-state index in [2.05, 4.69) is 9.88 Å². The third-order valence-electron chi connectivity index (χ3n) is 6.31. The van der Waals surface area contributed by atoms with Gasteiger partial charge in [0.2, 0.25) is 0 Å². The molecule has 0 amide bonds. The van der Waals surface area contributed by atoms with E-state index in [1.54, 1.807) is 19.3 Å². The molecule has 1 aromatic carbocycles. The molecule has 146 valence electrons. The summed E-state index contributed by atoms with van der Waals surface area (Å²) in [4.78, 5) is 6.63. The quantitative estimate of drug-likeness (QED) is 0.708. The zero-order chi connectivity index (χ0) is 19.5. The molecule has 28 heavy (non-hydrogen) atoms. The number of nitrogens with zero attached hydrogens (tertiary/aromatic N) is 3. The predicted octanol–water partition coefficient (Wildman–Crippen LogP) is 4.43. The summed E-state index contributed by atoms with van der Waals surface area (Å²) in [5.74, 6) is -0.330. The monoisotopic (exact) mass is 399 g/mol. The van der Waals surface area contributed by atoms with Crippen LogP contribution in [0.5, 0.6) is 0 Å². The number of halogens is 2. The molecule has 4 heterocycles. The highest BCUT2D eigenvalue weighted by molar-refractivity contribution is 6.31. The summed E-state index contributed by atoms with van der Waals surface area (Å²) in [5, 5.41) is 12.5. The first kappa shape index (κ1) is 18.1. The minimum atomic E-state index is -1.16. The third kappa shape index (κ3) is 2.76. The van der Waals surface area contributed by atoms with Crippen LogP contribution >= 0.6 is 11.6 Å². The van der Waals surface area contributed by atoms with Gasteiger partial charge in [-0.2, -0.15) is 0 Å². The number of hydrogen-bond donors (Lipinski definition) is 1.